The summed E-state index contributed by atoms with van der Waals surface area (Å²) in [4.78, 5) is 11.0. The van der Waals surface area contributed by atoms with Crippen LogP contribution in [0.4, 0.5) is 4.39 Å². The molecule has 4 heteroatoms. The van der Waals surface area contributed by atoms with Crippen LogP contribution in [0.1, 0.15) is 6.92 Å². The van der Waals surface area contributed by atoms with Crippen molar-refractivity contribution >= 4 is 21.7 Å². The summed E-state index contributed by atoms with van der Waals surface area (Å²) in [6, 6.07) is 0. The summed E-state index contributed by atoms with van der Waals surface area (Å²) in [6.07, 6.45) is 2.44. The van der Waals surface area contributed by atoms with E-state index >= 15 is 0 Å². The second-order valence-corrected chi connectivity index (χ2v) is 3.97. The summed E-state index contributed by atoms with van der Waals surface area (Å²) in [5.41, 5.74) is 0. The van der Waals surface area contributed by atoms with Crippen molar-refractivity contribution in [3.05, 3.63) is 24.1 Å². The lowest BCUT2D eigenvalue weighted by atomic mass is 9.93. The third-order valence-corrected chi connectivity index (χ3v) is 3.01. The van der Waals surface area contributed by atoms with Gasteiger partial charge in [-0.2, -0.15) is 0 Å². The fraction of sp³-hybridized carbons (Fsp3) is 0.375. The van der Waals surface area contributed by atoms with Crippen LogP contribution in [-0.4, -0.2) is 21.3 Å². The largest absolute Gasteiger partial charge is 0.387 e. The fourth-order valence-electron chi connectivity index (χ4n) is 0.967. The van der Waals surface area contributed by atoms with E-state index in [0.717, 1.165) is 12.2 Å². The first-order valence-corrected chi connectivity index (χ1v) is 4.20. The standard InChI is InChI=1S/C8H8BrFO2/c1-5(11)8(9)4-6(10)2-3-7(8)12/h2-4,7,12H,1H3. The Morgan fingerprint density at radius 1 is 1.83 bits per heavy atom. The van der Waals surface area contributed by atoms with Crippen molar-refractivity contribution < 1.29 is 14.3 Å². The molecule has 1 aliphatic carbocycles. The first-order valence-electron chi connectivity index (χ1n) is 3.41. The number of ketones is 1. The molecule has 0 fully saturated rings. The van der Waals surface area contributed by atoms with Gasteiger partial charge in [-0.15, -0.1) is 0 Å². The van der Waals surface area contributed by atoms with Gasteiger partial charge in [-0.05, 0) is 19.1 Å². The fourth-order valence-corrected chi connectivity index (χ4v) is 1.34. The number of carbonyl (C=O) groups is 1. The summed E-state index contributed by atoms with van der Waals surface area (Å²) in [5, 5.41) is 9.35. The molecule has 0 aromatic heterocycles. The molecule has 1 N–H and O–H groups in total. The van der Waals surface area contributed by atoms with Gasteiger partial charge >= 0.3 is 0 Å². The lowest BCUT2D eigenvalue weighted by molar-refractivity contribution is -0.119. The Hall–Kier alpha value is -0.480. The number of Topliss-reactive ketones (excluding diaryl/α,β-unsaturated/α-hetero) is 1. The molecule has 0 aromatic rings. The molecule has 0 amide bonds. The highest BCUT2D eigenvalue weighted by molar-refractivity contribution is 9.10. The zero-order valence-electron chi connectivity index (χ0n) is 6.42. The number of allylic oxidation sites excluding steroid dienone is 2. The Morgan fingerprint density at radius 2 is 2.42 bits per heavy atom. The van der Waals surface area contributed by atoms with Crippen LogP contribution in [0.3, 0.4) is 0 Å². The molecule has 2 unspecified atom stereocenters. The number of aliphatic hydroxyl groups excluding tert-OH is 1. The zero-order chi connectivity index (χ0) is 9.35. The Bertz CT molecular complexity index is 272. The number of aliphatic hydroxyl groups is 1. The van der Waals surface area contributed by atoms with Gasteiger partial charge in [-0.1, -0.05) is 22.0 Å². The molecular weight excluding hydrogens is 227 g/mol. The smallest absolute Gasteiger partial charge is 0.153 e. The maximum atomic E-state index is 12.7. The third-order valence-electron chi connectivity index (χ3n) is 1.76. The van der Waals surface area contributed by atoms with E-state index in [-0.39, 0.29) is 5.78 Å². The van der Waals surface area contributed by atoms with Crippen molar-refractivity contribution in [1.29, 1.82) is 0 Å². The average Bonchev–Trinajstić information content (AvgIpc) is 1.97. The second-order valence-electron chi connectivity index (χ2n) is 2.66. The minimum Gasteiger partial charge on any atom is -0.387 e. The molecule has 66 valence electrons. The minimum atomic E-state index is -1.29. The SMILES string of the molecule is CC(=O)C1(Br)C=C(F)C=CC1O. The van der Waals surface area contributed by atoms with Gasteiger partial charge in [0.25, 0.3) is 0 Å². The number of rotatable bonds is 1. The molecule has 2 nitrogen and oxygen atoms in total. The van der Waals surface area contributed by atoms with Crippen LogP contribution >= 0.6 is 15.9 Å². The highest BCUT2D eigenvalue weighted by Gasteiger charge is 2.39. The van der Waals surface area contributed by atoms with Crippen molar-refractivity contribution in [2.75, 3.05) is 0 Å². The predicted molar refractivity (Wildman–Crippen MR) is 46.7 cm³/mol. The highest BCUT2D eigenvalue weighted by Crippen LogP contribution is 2.31. The minimum absolute atomic E-state index is 0.325. The molecule has 0 heterocycles. The van der Waals surface area contributed by atoms with Gasteiger partial charge in [0.05, 0.1) is 6.10 Å². The maximum Gasteiger partial charge on any atom is 0.153 e. The summed E-state index contributed by atoms with van der Waals surface area (Å²) in [7, 11) is 0. The molecule has 0 spiro atoms. The lowest BCUT2D eigenvalue weighted by Gasteiger charge is -2.26. The molecule has 0 bridgehead atoms. The lowest BCUT2D eigenvalue weighted by Crippen LogP contribution is -2.41. The van der Waals surface area contributed by atoms with Crippen LogP contribution in [0.2, 0.25) is 0 Å². The number of halogens is 2. The van der Waals surface area contributed by atoms with E-state index < -0.39 is 16.3 Å². The van der Waals surface area contributed by atoms with Gasteiger partial charge in [0.15, 0.2) is 5.78 Å². The van der Waals surface area contributed by atoms with Gasteiger partial charge < -0.3 is 5.11 Å². The number of hydrogen-bond acceptors (Lipinski definition) is 2. The monoisotopic (exact) mass is 234 g/mol. The first kappa shape index (κ1) is 9.61. The normalized spacial score (nSPS) is 34.7. The Kier molecular flexibility index (Phi) is 2.49. The van der Waals surface area contributed by atoms with Gasteiger partial charge in [-0.3, -0.25) is 4.79 Å². The molecule has 1 aliphatic rings. The van der Waals surface area contributed by atoms with Gasteiger partial charge in [0.2, 0.25) is 0 Å². The average molecular weight is 235 g/mol. The first-order chi connectivity index (χ1) is 5.47. The van der Waals surface area contributed by atoms with Crippen molar-refractivity contribution in [1.82, 2.24) is 0 Å². The van der Waals surface area contributed by atoms with Crippen LogP contribution < -0.4 is 0 Å². The summed E-state index contributed by atoms with van der Waals surface area (Å²) >= 11 is 3.00. The number of carbonyl (C=O) groups excluding carboxylic acids is 1. The van der Waals surface area contributed by atoms with Gasteiger partial charge in [0, 0.05) is 0 Å². The zero-order valence-corrected chi connectivity index (χ0v) is 8.01. The topological polar surface area (TPSA) is 37.3 Å². The van der Waals surface area contributed by atoms with Crippen LogP contribution in [0.5, 0.6) is 0 Å². The number of alkyl halides is 1. The summed E-state index contributed by atoms with van der Waals surface area (Å²) in [5.74, 6) is -0.845. The molecule has 0 radical (unpaired) electrons. The van der Waals surface area contributed by atoms with Crippen LogP contribution in [0.25, 0.3) is 0 Å². The molecule has 1 rings (SSSR count). The van der Waals surface area contributed by atoms with E-state index in [1.54, 1.807) is 0 Å². The predicted octanol–water partition coefficient (Wildman–Crippen LogP) is 1.49. The second kappa shape index (κ2) is 3.11. The van der Waals surface area contributed by atoms with Crippen LogP contribution in [-0.2, 0) is 4.79 Å². The van der Waals surface area contributed by atoms with Crippen molar-refractivity contribution in [3.63, 3.8) is 0 Å². The van der Waals surface area contributed by atoms with Gasteiger partial charge in [-0.25, -0.2) is 4.39 Å². The van der Waals surface area contributed by atoms with E-state index in [4.69, 9.17) is 0 Å². The van der Waals surface area contributed by atoms with Crippen LogP contribution in [0, 0.1) is 0 Å². The Balaban J connectivity index is 3.05. The molecule has 0 aliphatic heterocycles. The molecule has 0 saturated heterocycles. The van der Waals surface area contributed by atoms with Crippen molar-refractivity contribution in [2.24, 2.45) is 0 Å². The van der Waals surface area contributed by atoms with E-state index in [2.05, 4.69) is 15.9 Å². The molecule has 12 heavy (non-hydrogen) atoms. The van der Waals surface area contributed by atoms with Gasteiger partial charge in [0.1, 0.15) is 10.2 Å². The molecule has 0 aromatic carbocycles. The summed E-state index contributed by atoms with van der Waals surface area (Å²) < 4.78 is 11.4. The van der Waals surface area contributed by atoms with E-state index in [9.17, 15) is 14.3 Å². The highest BCUT2D eigenvalue weighted by atomic mass is 79.9. The molecular formula is C8H8BrFO2. The van der Waals surface area contributed by atoms with E-state index in [0.29, 0.717) is 0 Å². The van der Waals surface area contributed by atoms with Crippen molar-refractivity contribution in [2.45, 2.75) is 17.4 Å². The molecule has 2 atom stereocenters. The van der Waals surface area contributed by atoms with E-state index in [1.165, 1.54) is 13.0 Å². The molecule has 0 saturated carbocycles. The summed E-state index contributed by atoms with van der Waals surface area (Å²) in [6.45, 7) is 1.29. The Morgan fingerprint density at radius 3 is 2.83 bits per heavy atom. The van der Waals surface area contributed by atoms with Crippen LogP contribution in [0.15, 0.2) is 24.1 Å². The quantitative estimate of drug-likeness (QED) is 0.699. The van der Waals surface area contributed by atoms with E-state index in [1.807, 2.05) is 0 Å². The third kappa shape index (κ3) is 1.49. The van der Waals surface area contributed by atoms with Crippen molar-refractivity contribution in [3.8, 4) is 0 Å². The maximum absolute atomic E-state index is 12.7. The Labute approximate surface area is 77.9 Å². The number of hydrogen-bond donors (Lipinski definition) is 1.